The first-order valence-electron chi connectivity index (χ1n) is 10.9. The lowest BCUT2D eigenvalue weighted by Gasteiger charge is -2.32. The van der Waals surface area contributed by atoms with Crippen molar-refractivity contribution in [3.8, 4) is 11.1 Å². The van der Waals surface area contributed by atoms with Crippen LogP contribution >= 0.6 is 0 Å². The van der Waals surface area contributed by atoms with Crippen molar-refractivity contribution in [2.24, 2.45) is 0 Å². The number of nitrogens with zero attached hydrogens (tertiary/aromatic N) is 2. The minimum Gasteiger partial charge on any atom is -0.388 e. The number of H-pyrrole nitrogens is 1. The molecule has 4 aromatic rings. The Morgan fingerprint density at radius 3 is 2.61 bits per heavy atom. The van der Waals surface area contributed by atoms with E-state index < -0.39 is 0 Å². The molecule has 0 bridgehead atoms. The average Bonchev–Trinajstić information content (AvgIpc) is 3.16. The third kappa shape index (κ3) is 4.01. The van der Waals surface area contributed by atoms with Gasteiger partial charge in [0.25, 0.3) is 0 Å². The number of anilines is 1. The Morgan fingerprint density at radius 2 is 1.84 bits per heavy atom. The summed E-state index contributed by atoms with van der Waals surface area (Å²) in [6.45, 7) is 2.93. The third-order valence-corrected chi connectivity index (χ3v) is 6.31. The van der Waals surface area contributed by atoms with Gasteiger partial charge in [-0.3, -0.25) is 9.47 Å². The molecule has 5 rings (SSSR count). The Hall–Kier alpha value is -3.31. The first-order valence-corrected chi connectivity index (χ1v) is 10.9. The van der Waals surface area contributed by atoms with Crippen molar-refractivity contribution < 1.29 is 0 Å². The standard InChI is InChI=1S/C26H27N4O/c1-27-22-6-4-5-21(17-22)20-11-9-19(10-12-20)18-29-15-13-23(14-16-29)30-25-8-3-2-7-24(25)28-26(30)31/h2-4,6-12,17,23,27H,13-16,18H2,1H3,(H,28,31). The molecule has 0 spiro atoms. The number of aromatic amines is 1. The predicted octanol–water partition coefficient (Wildman–Crippen LogP) is 4.68. The van der Waals surface area contributed by atoms with Gasteiger partial charge >= 0.3 is 5.69 Å². The molecule has 1 aliphatic heterocycles. The summed E-state index contributed by atoms with van der Waals surface area (Å²) in [6.07, 6.45) is 1.98. The van der Waals surface area contributed by atoms with Crippen LogP contribution in [0.3, 0.4) is 0 Å². The highest BCUT2D eigenvalue weighted by Gasteiger charge is 2.23. The molecule has 5 nitrogen and oxygen atoms in total. The summed E-state index contributed by atoms with van der Waals surface area (Å²) in [4.78, 5) is 18.0. The second kappa shape index (κ2) is 8.44. The molecule has 2 N–H and O–H groups in total. The van der Waals surface area contributed by atoms with E-state index in [2.05, 4.69) is 51.6 Å². The molecule has 157 valence electrons. The SMILES string of the molecule is CNc1cc[c]c(-c2ccc(CN3CCC(n4c(=O)[nH]c5ccccc54)CC3)cc2)c1. The highest BCUT2D eigenvalue weighted by molar-refractivity contribution is 5.75. The Balaban J connectivity index is 1.23. The first-order chi connectivity index (χ1) is 15.2. The van der Waals surface area contributed by atoms with E-state index in [4.69, 9.17) is 0 Å². The van der Waals surface area contributed by atoms with Crippen LogP contribution in [0.2, 0.25) is 0 Å². The maximum Gasteiger partial charge on any atom is 0.326 e. The lowest BCUT2D eigenvalue weighted by atomic mass is 10.0. The Kier molecular flexibility index (Phi) is 5.35. The third-order valence-electron chi connectivity index (χ3n) is 6.31. The van der Waals surface area contributed by atoms with Gasteiger partial charge in [-0.15, -0.1) is 0 Å². The van der Waals surface area contributed by atoms with Crippen molar-refractivity contribution in [2.75, 3.05) is 25.5 Å². The minimum absolute atomic E-state index is 0.00869. The van der Waals surface area contributed by atoms with E-state index in [1.54, 1.807) is 0 Å². The smallest absolute Gasteiger partial charge is 0.326 e. The molecule has 1 aromatic heterocycles. The maximum atomic E-state index is 12.5. The fourth-order valence-corrected chi connectivity index (χ4v) is 4.61. The summed E-state index contributed by atoms with van der Waals surface area (Å²) >= 11 is 0. The van der Waals surface area contributed by atoms with Gasteiger partial charge in [0.1, 0.15) is 0 Å². The van der Waals surface area contributed by atoms with E-state index in [0.717, 1.165) is 54.8 Å². The number of benzene rings is 3. The molecule has 0 saturated carbocycles. The van der Waals surface area contributed by atoms with E-state index in [0.29, 0.717) is 0 Å². The largest absolute Gasteiger partial charge is 0.388 e. The van der Waals surface area contributed by atoms with Crippen molar-refractivity contribution >= 4 is 16.7 Å². The number of imidazole rings is 1. The van der Waals surface area contributed by atoms with E-state index in [1.807, 2.05) is 48.0 Å². The summed E-state index contributed by atoms with van der Waals surface area (Å²) in [5, 5.41) is 3.18. The number of hydrogen-bond acceptors (Lipinski definition) is 3. The Bertz CT molecular complexity index is 1230. The molecule has 1 saturated heterocycles. The van der Waals surface area contributed by atoms with Gasteiger partial charge < -0.3 is 10.3 Å². The van der Waals surface area contributed by atoms with Gasteiger partial charge in [-0.2, -0.15) is 0 Å². The van der Waals surface area contributed by atoms with E-state index in [-0.39, 0.29) is 11.7 Å². The van der Waals surface area contributed by atoms with Gasteiger partial charge in [0.05, 0.1) is 11.0 Å². The van der Waals surface area contributed by atoms with Crippen molar-refractivity contribution in [3.63, 3.8) is 0 Å². The van der Waals surface area contributed by atoms with E-state index >= 15 is 0 Å². The molecular weight excluding hydrogens is 384 g/mol. The van der Waals surface area contributed by atoms with Crippen LogP contribution in [-0.4, -0.2) is 34.6 Å². The highest BCUT2D eigenvalue weighted by Crippen LogP contribution is 2.27. The van der Waals surface area contributed by atoms with Gasteiger partial charge in [-0.1, -0.05) is 42.5 Å². The minimum atomic E-state index is 0.00869. The molecule has 31 heavy (non-hydrogen) atoms. The summed E-state index contributed by atoms with van der Waals surface area (Å²) in [5.74, 6) is 0. The monoisotopic (exact) mass is 411 g/mol. The molecule has 2 heterocycles. The fourth-order valence-electron chi connectivity index (χ4n) is 4.61. The summed E-state index contributed by atoms with van der Waals surface area (Å²) in [6, 6.07) is 26.4. The molecule has 0 amide bonds. The zero-order valence-corrected chi connectivity index (χ0v) is 17.8. The van der Waals surface area contributed by atoms with Crippen molar-refractivity contribution in [2.45, 2.75) is 25.4 Å². The zero-order valence-electron chi connectivity index (χ0n) is 17.8. The van der Waals surface area contributed by atoms with Crippen LogP contribution in [0.1, 0.15) is 24.4 Å². The number of piperidine rings is 1. The average molecular weight is 412 g/mol. The number of nitrogens with one attached hydrogen (secondary N) is 2. The van der Waals surface area contributed by atoms with Crippen molar-refractivity contribution in [3.05, 3.63) is 88.8 Å². The molecular formula is C26H27N4O. The quantitative estimate of drug-likeness (QED) is 0.502. The lowest BCUT2D eigenvalue weighted by molar-refractivity contribution is 0.180. The van der Waals surface area contributed by atoms with Gasteiger partial charge in [-0.05, 0) is 59.9 Å². The number of rotatable bonds is 5. The number of aromatic nitrogens is 2. The van der Waals surface area contributed by atoms with Crippen LogP contribution in [0.25, 0.3) is 22.2 Å². The first kappa shape index (κ1) is 19.6. The van der Waals surface area contributed by atoms with E-state index in [9.17, 15) is 4.79 Å². The van der Waals surface area contributed by atoms with Crippen LogP contribution in [0.5, 0.6) is 0 Å². The van der Waals surface area contributed by atoms with Crippen LogP contribution in [-0.2, 0) is 6.54 Å². The summed E-state index contributed by atoms with van der Waals surface area (Å²) < 4.78 is 1.96. The van der Waals surface area contributed by atoms with Gasteiger partial charge in [0.15, 0.2) is 0 Å². The van der Waals surface area contributed by atoms with Crippen LogP contribution in [0.15, 0.2) is 71.5 Å². The second-order valence-electron chi connectivity index (χ2n) is 8.26. The lowest BCUT2D eigenvalue weighted by Crippen LogP contribution is -2.36. The predicted molar refractivity (Wildman–Crippen MR) is 126 cm³/mol. The normalized spacial score (nSPS) is 15.4. The molecule has 3 aromatic carbocycles. The highest BCUT2D eigenvalue weighted by atomic mass is 16.1. The van der Waals surface area contributed by atoms with Gasteiger partial charge in [0, 0.05) is 38.4 Å². The van der Waals surface area contributed by atoms with Crippen molar-refractivity contribution in [1.29, 1.82) is 0 Å². The number of hydrogen-bond donors (Lipinski definition) is 2. The molecule has 1 aliphatic rings. The topological polar surface area (TPSA) is 53.1 Å². The van der Waals surface area contributed by atoms with Gasteiger partial charge in [-0.25, -0.2) is 4.79 Å². The summed E-state index contributed by atoms with van der Waals surface area (Å²) in [7, 11) is 1.93. The maximum absolute atomic E-state index is 12.5. The molecule has 0 unspecified atom stereocenters. The summed E-state index contributed by atoms with van der Waals surface area (Å²) in [5.41, 5.74) is 6.63. The molecule has 1 fully saturated rings. The number of likely N-dealkylation sites (tertiary alicyclic amines) is 1. The van der Waals surface area contributed by atoms with E-state index in [1.165, 1.54) is 11.1 Å². The molecule has 1 radical (unpaired) electrons. The van der Waals surface area contributed by atoms with Gasteiger partial charge in [0.2, 0.25) is 0 Å². The number of para-hydroxylation sites is 2. The van der Waals surface area contributed by atoms with Crippen molar-refractivity contribution in [1.82, 2.24) is 14.5 Å². The zero-order chi connectivity index (χ0) is 21.2. The van der Waals surface area contributed by atoms with Crippen LogP contribution in [0, 0.1) is 6.07 Å². The number of fused-ring (bicyclic) bond motifs is 1. The Labute approximate surface area is 182 Å². The Morgan fingerprint density at radius 1 is 1.06 bits per heavy atom. The van der Waals surface area contributed by atoms with Crippen LogP contribution in [0.4, 0.5) is 5.69 Å². The molecule has 5 heteroatoms. The second-order valence-corrected chi connectivity index (χ2v) is 8.26. The van der Waals surface area contributed by atoms with Crippen LogP contribution < -0.4 is 11.0 Å². The fraction of sp³-hybridized carbons (Fsp3) is 0.269. The molecule has 0 atom stereocenters. The molecule has 0 aliphatic carbocycles.